The molecule has 0 saturated carbocycles. The van der Waals surface area contributed by atoms with Crippen LogP contribution in [-0.2, 0) is 20.8 Å². The number of nitrogens with zero attached hydrogens (tertiary/aromatic N) is 1. The van der Waals surface area contributed by atoms with Gasteiger partial charge in [-0.2, -0.15) is 0 Å². The molecule has 0 unspecified atom stereocenters. The number of carbonyl (C=O) groups excluding carboxylic acids is 1. The summed E-state index contributed by atoms with van der Waals surface area (Å²) >= 11 is 0. The minimum absolute atomic E-state index is 0.0808. The van der Waals surface area contributed by atoms with E-state index in [9.17, 15) is 4.79 Å². The van der Waals surface area contributed by atoms with E-state index in [1.165, 1.54) is 5.56 Å². The molecule has 0 spiro atoms. The molecule has 0 aliphatic rings. The Morgan fingerprint density at radius 1 is 1.20 bits per heavy atom. The lowest BCUT2D eigenvalue weighted by Crippen LogP contribution is -2.48. The average molecular weight is 351 g/mol. The van der Waals surface area contributed by atoms with E-state index >= 15 is 0 Å². The fourth-order valence-corrected chi connectivity index (χ4v) is 2.75. The number of ether oxygens (including phenoxy) is 3. The third-order valence-corrected chi connectivity index (χ3v) is 4.12. The fraction of sp³-hybridized carbons (Fsp3) is 0.650. The Hall–Kier alpha value is -1.59. The van der Waals surface area contributed by atoms with Crippen molar-refractivity contribution in [3.8, 4) is 0 Å². The first kappa shape index (κ1) is 21.5. The van der Waals surface area contributed by atoms with Gasteiger partial charge in [0.25, 0.3) is 0 Å². The molecule has 5 nitrogen and oxygen atoms in total. The molecular formula is C20H33NO4. The highest BCUT2D eigenvalue weighted by molar-refractivity contribution is 5.60. The summed E-state index contributed by atoms with van der Waals surface area (Å²) in [6, 6.07) is 10.1. The number of carbonyl (C=O) groups is 1. The van der Waals surface area contributed by atoms with Gasteiger partial charge in [0.05, 0.1) is 6.04 Å². The van der Waals surface area contributed by atoms with Gasteiger partial charge in [-0.15, -0.1) is 0 Å². The largest absolute Gasteiger partial charge is 0.511 e. The van der Waals surface area contributed by atoms with Crippen LogP contribution < -0.4 is 0 Å². The zero-order valence-electron chi connectivity index (χ0n) is 16.6. The Bertz CT molecular complexity index is 512. The zero-order valence-corrected chi connectivity index (χ0v) is 16.6. The van der Waals surface area contributed by atoms with Gasteiger partial charge in [0.1, 0.15) is 5.60 Å². The van der Waals surface area contributed by atoms with Crippen molar-refractivity contribution in [3.05, 3.63) is 35.9 Å². The highest BCUT2D eigenvalue weighted by atomic mass is 16.8. The lowest BCUT2D eigenvalue weighted by Gasteiger charge is -2.37. The first-order valence-electron chi connectivity index (χ1n) is 8.84. The molecule has 3 atom stereocenters. The van der Waals surface area contributed by atoms with E-state index in [2.05, 4.69) is 30.9 Å². The molecule has 0 heterocycles. The van der Waals surface area contributed by atoms with Gasteiger partial charge in [0, 0.05) is 13.7 Å². The first-order chi connectivity index (χ1) is 11.7. The van der Waals surface area contributed by atoms with Gasteiger partial charge in [-0.1, -0.05) is 50.6 Å². The first-order valence-corrected chi connectivity index (χ1v) is 8.84. The van der Waals surface area contributed by atoms with Crippen molar-refractivity contribution < 1.29 is 19.0 Å². The number of likely N-dealkylation sites (N-methyl/N-ethyl adjacent to an activating group) is 1. The molecule has 0 amide bonds. The van der Waals surface area contributed by atoms with Crippen molar-refractivity contribution in [2.75, 3.05) is 14.2 Å². The summed E-state index contributed by atoms with van der Waals surface area (Å²) in [6.45, 7) is 10.4. The van der Waals surface area contributed by atoms with Crippen molar-refractivity contribution in [3.63, 3.8) is 0 Å². The van der Waals surface area contributed by atoms with E-state index in [4.69, 9.17) is 14.2 Å². The lowest BCUT2D eigenvalue weighted by atomic mass is 9.96. The molecule has 0 aromatic heterocycles. The summed E-state index contributed by atoms with van der Waals surface area (Å²) in [4.78, 5) is 14.2. The molecule has 1 rings (SSSR count). The molecule has 5 heteroatoms. The van der Waals surface area contributed by atoms with Crippen LogP contribution in [0.5, 0.6) is 0 Å². The van der Waals surface area contributed by atoms with Gasteiger partial charge in [-0.3, -0.25) is 4.90 Å². The summed E-state index contributed by atoms with van der Waals surface area (Å²) < 4.78 is 16.3. The van der Waals surface area contributed by atoms with Crippen LogP contribution in [0.25, 0.3) is 0 Å². The summed E-state index contributed by atoms with van der Waals surface area (Å²) in [6.07, 6.45) is -0.458. The molecule has 1 aromatic carbocycles. The Balaban J connectivity index is 2.88. The molecule has 0 saturated heterocycles. The summed E-state index contributed by atoms with van der Waals surface area (Å²) in [7, 11) is 3.58. The van der Waals surface area contributed by atoms with Gasteiger partial charge in [0.2, 0.25) is 6.29 Å². The van der Waals surface area contributed by atoms with E-state index in [0.29, 0.717) is 0 Å². The van der Waals surface area contributed by atoms with Crippen LogP contribution >= 0.6 is 0 Å². The third kappa shape index (κ3) is 7.45. The Labute approximate surface area is 152 Å². The monoisotopic (exact) mass is 351 g/mol. The van der Waals surface area contributed by atoms with Crippen molar-refractivity contribution in [2.45, 2.75) is 65.5 Å². The second kappa shape index (κ2) is 9.78. The highest BCUT2D eigenvalue weighted by Gasteiger charge is 2.34. The number of rotatable bonds is 8. The maximum atomic E-state index is 12.1. The second-order valence-corrected chi connectivity index (χ2v) is 7.46. The van der Waals surface area contributed by atoms with Crippen LogP contribution in [0.3, 0.4) is 0 Å². The van der Waals surface area contributed by atoms with Crippen LogP contribution in [0.2, 0.25) is 0 Å². The molecular weight excluding hydrogens is 318 g/mol. The Morgan fingerprint density at radius 2 is 1.80 bits per heavy atom. The molecule has 25 heavy (non-hydrogen) atoms. The molecule has 0 aliphatic carbocycles. The van der Waals surface area contributed by atoms with E-state index in [1.807, 2.05) is 46.0 Å². The standard InChI is InChI=1S/C20H33NO4/c1-8-15(2)17(21(6)14-16-12-10-9-11-13-16)18(23-7)24-19(22)25-20(3,4)5/h9-13,15,17-18H,8,14H2,1-7H3/t15-,17-,18+/m0/s1. The van der Waals surface area contributed by atoms with Gasteiger partial charge >= 0.3 is 6.16 Å². The Kier molecular flexibility index (Phi) is 8.39. The van der Waals surface area contributed by atoms with Crippen molar-refractivity contribution in [1.29, 1.82) is 0 Å². The summed E-state index contributed by atoms with van der Waals surface area (Å²) in [5, 5.41) is 0. The maximum absolute atomic E-state index is 12.1. The normalized spacial score (nSPS) is 15.5. The highest BCUT2D eigenvalue weighted by Crippen LogP contribution is 2.23. The SMILES string of the molecule is CC[C@H](C)[C@@H]([C@H](OC)OC(=O)OC(C)(C)C)N(C)Cc1ccccc1. The van der Waals surface area contributed by atoms with Crippen LogP contribution in [0.1, 0.15) is 46.6 Å². The summed E-state index contributed by atoms with van der Waals surface area (Å²) in [5.74, 6) is 0.279. The molecule has 0 aliphatic heterocycles. The van der Waals surface area contributed by atoms with Gasteiger partial charge in [0.15, 0.2) is 0 Å². The lowest BCUT2D eigenvalue weighted by molar-refractivity contribution is -0.160. The van der Waals surface area contributed by atoms with E-state index in [0.717, 1.165) is 13.0 Å². The summed E-state index contributed by atoms with van der Waals surface area (Å²) in [5.41, 5.74) is 0.599. The van der Waals surface area contributed by atoms with Crippen LogP contribution in [0.4, 0.5) is 4.79 Å². The number of methoxy groups -OCH3 is 1. The number of hydrogen-bond donors (Lipinski definition) is 0. The quantitative estimate of drug-likeness (QED) is 0.511. The average Bonchev–Trinajstić information content (AvgIpc) is 2.53. The molecule has 1 aromatic rings. The van der Waals surface area contributed by atoms with Crippen LogP contribution in [0.15, 0.2) is 30.3 Å². The van der Waals surface area contributed by atoms with Crippen LogP contribution in [-0.4, -0.2) is 43.1 Å². The van der Waals surface area contributed by atoms with E-state index in [-0.39, 0.29) is 12.0 Å². The minimum atomic E-state index is -0.708. The van der Waals surface area contributed by atoms with E-state index < -0.39 is 18.0 Å². The maximum Gasteiger partial charge on any atom is 0.511 e. The molecule has 0 fully saturated rings. The Morgan fingerprint density at radius 3 is 2.28 bits per heavy atom. The fourth-order valence-electron chi connectivity index (χ4n) is 2.75. The van der Waals surface area contributed by atoms with Gasteiger partial charge < -0.3 is 14.2 Å². The van der Waals surface area contributed by atoms with Crippen molar-refractivity contribution in [1.82, 2.24) is 4.90 Å². The molecule has 142 valence electrons. The number of hydrogen-bond acceptors (Lipinski definition) is 5. The predicted molar refractivity (Wildman–Crippen MR) is 99.3 cm³/mol. The van der Waals surface area contributed by atoms with Crippen molar-refractivity contribution in [2.24, 2.45) is 5.92 Å². The third-order valence-electron chi connectivity index (χ3n) is 4.12. The molecule has 0 bridgehead atoms. The zero-order chi connectivity index (χ0) is 19.0. The topological polar surface area (TPSA) is 48.0 Å². The van der Waals surface area contributed by atoms with Gasteiger partial charge in [-0.25, -0.2) is 4.79 Å². The number of benzene rings is 1. The smallest absolute Gasteiger partial charge is 0.429 e. The molecule has 0 radical (unpaired) electrons. The second-order valence-electron chi connectivity index (χ2n) is 7.46. The van der Waals surface area contributed by atoms with Gasteiger partial charge in [-0.05, 0) is 39.3 Å². The minimum Gasteiger partial charge on any atom is -0.429 e. The van der Waals surface area contributed by atoms with E-state index in [1.54, 1.807) is 7.11 Å². The van der Waals surface area contributed by atoms with Crippen LogP contribution in [0, 0.1) is 5.92 Å². The van der Waals surface area contributed by atoms with Crippen molar-refractivity contribution >= 4 is 6.16 Å². The predicted octanol–water partition coefficient (Wildman–Crippen LogP) is 4.46. The molecule has 0 N–H and O–H groups in total.